The highest BCUT2D eigenvalue weighted by atomic mass is 35.5. The molecule has 3 heterocycles. The van der Waals surface area contributed by atoms with E-state index in [0.717, 1.165) is 32.3 Å². The zero-order valence-electron chi connectivity index (χ0n) is 13.6. The number of halogens is 1. The first kappa shape index (κ1) is 16.1. The fourth-order valence-electron chi connectivity index (χ4n) is 4.92. The number of hydrazine groups is 1. The van der Waals surface area contributed by atoms with Gasteiger partial charge in [0.25, 0.3) is 5.91 Å². The van der Waals surface area contributed by atoms with Gasteiger partial charge in [-0.25, -0.2) is 5.43 Å². The minimum atomic E-state index is -0.455. The van der Waals surface area contributed by atoms with Crippen molar-refractivity contribution in [3.05, 3.63) is 0 Å². The fourth-order valence-corrected chi connectivity index (χ4v) is 5.22. The number of rotatable bonds is 2. The van der Waals surface area contributed by atoms with Crippen LogP contribution >= 0.6 is 11.6 Å². The Hall–Kier alpha value is -0.400. The van der Waals surface area contributed by atoms with Gasteiger partial charge in [0.05, 0.1) is 0 Å². The van der Waals surface area contributed by atoms with Crippen molar-refractivity contribution >= 4 is 17.5 Å². The topological polar surface area (TPSA) is 59.6 Å². The van der Waals surface area contributed by atoms with Gasteiger partial charge >= 0.3 is 0 Å². The van der Waals surface area contributed by atoms with E-state index in [-0.39, 0.29) is 11.9 Å². The first-order valence-corrected chi connectivity index (χ1v) is 9.57. The normalized spacial score (nSPS) is 40.8. The molecule has 3 aliphatic heterocycles. The Labute approximate surface area is 143 Å². The van der Waals surface area contributed by atoms with Crippen LogP contribution < -0.4 is 16.2 Å². The van der Waals surface area contributed by atoms with Crippen LogP contribution in [-0.2, 0) is 4.79 Å². The van der Waals surface area contributed by atoms with Crippen LogP contribution in [0.2, 0.25) is 0 Å². The molecular formula is C16H28ClN5O. The van der Waals surface area contributed by atoms with Gasteiger partial charge in [0.1, 0.15) is 5.38 Å². The number of piperidine rings is 1. The summed E-state index contributed by atoms with van der Waals surface area (Å²) in [4.78, 5) is 16.9. The molecule has 130 valence electrons. The number of nitrogens with zero attached hydrogens (tertiary/aromatic N) is 2. The summed E-state index contributed by atoms with van der Waals surface area (Å²) in [5.41, 5.74) is 5.60. The molecule has 0 spiro atoms. The summed E-state index contributed by atoms with van der Waals surface area (Å²) in [5, 5.41) is 3.27. The highest BCUT2D eigenvalue weighted by Crippen LogP contribution is 2.31. The summed E-state index contributed by atoms with van der Waals surface area (Å²) in [6.07, 6.45) is 8.10. The first-order chi connectivity index (χ1) is 11.2. The molecule has 3 N–H and O–H groups in total. The van der Waals surface area contributed by atoms with Crippen molar-refractivity contribution in [1.82, 2.24) is 26.0 Å². The highest BCUT2D eigenvalue weighted by Gasteiger charge is 2.44. The second kappa shape index (κ2) is 6.84. The molecular weight excluding hydrogens is 314 g/mol. The van der Waals surface area contributed by atoms with Gasteiger partial charge in [-0.05, 0) is 19.3 Å². The van der Waals surface area contributed by atoms with Crippen LogP contribution in [0.3, 0.4) is 0 Å². The smallest absolute Gasteiger partial charge is 0.253 e. The molecule has 0 aromatic carbocycles. The SMILES string of the molecule is O=C1NNCC(N2CCC3C(C2)NCN3C2CCCCC2)C1Cl. The van der Waals surface area contributed by atoms with Crippen molar-refractivity contribution in [2.24, 2.45) is 0 Å². The number of hydrogen-bond donors (Lipinski definition) is 3. The molecule has 0 aromatic heterocycles. The molecule has 4 atom stereocenters. The number of carbonyl (C=O) groups excluding carboxylic acids is 1. The third kappa shape index (κ3) is 3.12. The lowest BCUT2D eigenvalue weighted by molar-refractivity contribution is -0.125. The third-order valence-corrected chi connectivity index (χ3v) is 6.68. The molecule has 3 saturated heterocycles. The summed E-state index contributed by atoms with van der Waals surface area (Å²) in [6, 6.07) is 2.05. The quantitative estimate of drug-likeness (QED) is 0.628. The summed E-state index contributed by atoms with van der Waals surface area (Å²) < 4.78 is 0. The van der Waals surface area contributed by atoms with Crippen LogP contribution in [-0.4, -0.2) is 71.6 Å². The highest BCUT2D eigenvalue weighted by molar-refractivity contribution is 6.31. The molecule has 1 saturated carbocycles. The molecule has 23 heavy (non-hydrogen) atoms. The van der Waals surface area contributed by atoms with E-state index in [2.05, 4.69) is 26.0 Å². The van der Waals surface area contributed by atoms with E-state index in [1.54, 1.807) is 0 Å². The average Bonchev–Trinajstić information content (AvgIpc) is 3.01. The summed E-state index contributed by atoms with van der Waals surface area (Å²) >= 11 is 6.34. The number of hydrogen-bond acceptors (Lipinski definition) is 5. The number of alkyl halides is 1. The Morgan fingerprint density at radius 3 is 2.74 bits per heavy atom. The Kier molecular flexibility index (Phi) is 4.79. The minimum absolute atomic E-state index is 0.0943. The number of nitrogens with one attached hydrogen (secondary N) is 3. The second-order valence-corrected chi connectivity index (χ2v) is 7.94. The van der Waals surface area contributed by atoms with Gasteiger partial charge in [-0.2, -0.15) is 0 Å². The van der Waals surface area contributed by atoms with Crippen molar-refractivity contribution < 1.29 is 4.79 Å². The molecule has 1 amide bonds. The van der Waals surface area contributed by atoms with Gasteiger partial charge < -0.3 is 0 Å². The lowest BCUT2D eigenvalue weighted by Gasteiger charge is -2.45. The average molecular weight is 342 g/mol. The van der Waals surface area contributed by atoms with Crippen molar-refractivity contribution in [3.8, 4) is 0 Å². The van der Waals surface area contributed by atoms with Crippen LogP contribution in [0.25, 0.3) is 0 Å². The predicted molar refractivity (Wildman–Crippen MR) is 90.1 cm³/mol. The monoisotopic (exact) mass is 341 g/mol. The Bertz CT molecular complexity index is 444. The van der Waals surface area contributed by atoms with Crippen LogP contribution in [0.15, 0.2) is 0 Å². The molecule has 0 aromatic rings. The predicted octanol–water partition coefficient (Wildman–Crippen LogP) is 0.235. The number of likely N-dealkylation sites (tertiary alicyclic amines) is 1. The maximum absolute atomic E-state index is 11.8. The van der Waals surface area contributed by atoms with Crippen molar-refractivity contribution in [3.63, 3.8) is 0 Å². The standard InChI is InChI=1S/C16H28ClN5O/c17-15-14(8-19-20-16(15)23)21-7-6-13-12(9-21)18-10-22(13)11-4-2-1-3-5-11/h11-15,18-19H,1-10H2,(H,20,23). The molecule has 0 radical (unpaired) electrons. The van der Waals surface area contributed by atoms with Crippen molar-refractivity contribution in [1.29, 1.82) is 0 Å². The second-order valence-electron chi connectivity index (χ2n) is 7.47. The molecule has 0 bridgehead atoms. The van der Waals surface area contributed by atoms with Gasteiger partial charge in [0.2, 0.25) is 0 Å². The van der Waals surface area contributed by atoms with Gasteiger partial charge in [-0.1, -0.05) is 19.3 Å². The lowest BCUT2D eigenvalue weighted by Crippen LogP contribution is -2.65. The molecule has 4 unspecified atom stereocenters. The van der Waals surface area contributed by atoms with Gasteiger partial charge in [-0.3, -0.25) is 25.3 Å². The van der Waals surface area contributed by atoms with E-state index in [1.165, 1.54) is 38.5 Å². The molecule has 4 fully saturated rings. The maximum atomic E-state index is 11.8. The number of amides is 1. The van der Waals surface area contributed by atoms with E-state index in [0.29, 0.717) is 12.1 Å². The van der Waals surface area contributed by atoms with Crippen molar-refractivity contribution in [2.45, 2.75) is 68.1 Å². The van der Waals surface area contributed by atoms with E-state index in [9.17, 15) is 4.79 Å². The zero-order chi connectivity index (χ0) is 15.8. The molecule has 6 nitrogen and oxygen atoms in total. The fraction of sp³-hybridized carbons (Fsp3) is 0.938. The Balaban J connectivity index is 1.38. The van der Waals surface area contributed by atoms with E-state index < -0.39 is 5.38 Å². The largest absolute Gasteiger partial charge is 0.299 e. The molecule has 7 heteroatoms. The van der Waals surface area contributed by atoms with Gasteiger partial charge in [0, 0.05) is 50.5 Å². The number of carbonyl (C=O) groups is 1. The first-order valence-electron chi connectivity index (χ1n) is 9.14. The van der Waals surface area contributed by atoms with Gasteiger partial charge in [-0.15, -0.1) is 11.6 Å². The number of fused-ring (bicyclic) bond motifs is 1. The summed E-state index contributed by atoms with van der Waals surface area (Å²) in [6.45, 7) is 3.79. The van der Waals surface area contributed by atoms with Crippen LogP contribution in [0.4, 0.5) is 0 Å². The Morgan fingerprint density at radius 1 is 1.09 bits per heavy atom. The van der Waals surface area contributed by atoms with Crippen LogP contribution in [0.5, 0.6) is 0 Å². The molecule has 1 aliphatic carbocycles. The maximum Gasteiger partial charge on any atom is 0.253 e. The lowest BCUT2D eigenvalue weighted by atomic mass is 9.91. The summed E-state index contributed by atoms with van der Waals surface area (Å²) in [5.74, 6) is -0.103. The third-order valence-electron chi connectivity index (χ3n) is 6.19. The van der Waals surface area contributed by atoms with Crippen molar-refractivity contribution in [2.75, 3.05) is 26.3 Å². The van der Waals surface area contributed by atoms with E-state index in [1.807, 2.05) is 0 Å². The van der Waals surface area contributed by atoms with Crippen LogP contribution in [0.1, 0.15) is 38.5 Å². The van der Waals surface area contributed by atoms with Gasteiger partial charge in [0.15, 0.2) is 0 Å². The summed E-state index contributed by atoms with van der Waals surface area (Å²) in [7, 11) is 0. The van der Waals surface area contributed by atoms with Crippen LogP contribution in [0, 0.1) is 0 Å². The zero-order valence-corrected chi connectivity index (χ0v) is 14.4. The van der Waals surface area contributed by atoms with E-state index in [4.69, 9.17) is 11.6 Å². The Morgan fingerprint density at radius 2 is 1.91 bits per heavy atom. The van der Waals surface area contributed by atoms with E-state index >= 15 is 0 Å². The molecule has 4 rings (SSSR count). The minimum Gasteiger partial charge on any atom is -0.299 e. The molecule has 4 aliphatic rings.